The fourth-order valence-corrected chi connectivity index (χ4v) is 3.04. The fraction of sp³-hybridized carbons (Fsp3) is 0.100. The van der Waals surface area contributed by atoms with Gasteiger partial charge in [-0.2, -0.15) is 0 Å². The Labute approximate surface area is 178 Å². The van der Waals surface area contributed by atoms with E-state index >= 15 is 0 Å². The van der Waals surface area contributed by atoms with Crippen LogP contribution in [0.25, 0.3) is 17.1 Å². The molecule has 4 N–H and O–H groups in total. The van der Waals surface area contributed by atoms with E-state index in [1.54, 1.807) is 36.4 Å². The second-order valence-corrected chi connectivity index (χ2v) is 7.09. The highest BCUT2D eigenvalue weighted by atomic mass is 79.9. The first-order valence-electron chi connectivity index (χ1n) is 8.74. The molecule has 0 spiro atoms. The van der Waals surface area contributed by atoms with Gasteiger partial charge in [0.1, 0.15) is 5.70 Å². The molecular weight excluding hydrogens is 456 g/mol. The van der Waals surface area contributed by atoms with Crippen LogP contribution in [0.3, 0.4) is 0 Å². The number of amides is 2. The van der Waals surface area contributed by atoms with Crippen molar-refractivity contribution < 1.29 is 19.1 Å². The first kappa shape index (κ1) is 21.1. The first-order chi connectivity index (χ1) is 14.3. The van der Waals surface area contributed by atoms with Gasteiger partial charge in [0.15, 0.2) is 6.61 Å². The van der Waals surface area contributed by atoms with Crippen LogP contribution < -0.4 is 16.3 Å². The van der Waals surface area contributed by atoms with Crippen LogP contribution in [0, 0.1) is 0 Å². The standard InChI is InChI=1S/C20H17BrN4O5/c1-11(26)22-17(7-12-5-3-2-4-6-12)19(28)30-10-18(27)23-14-9-16-15(8-13(14)21)24-20(29)25-16/h2-9H,10H2,1H3,(H,22,26)(H,23,27)(H2,24,25,29)/b17-7-. The molecular formula is C20H17BrN4O5. The predicted octanol–water partition coefficient (Wildman–Crippen LogP) is 2.28. The van der Waals surface area contributed by atoms with E-state index in [-0.39, 0.29) is 11.4 Å². The zero-order chi connectivity index (χ0) is 21.7. The van der Waals surface area contributed by atoms with Crippen molar-refractivity contribution in [2.24, 2.45) is 0 Å². The van der Waals surface area contributed by atoms with Crippen LogP contribution in [0.5, 0.6) is 0 Å². The third-order valence-electron chi connectivity index (χ3n) is 3.85. The zero-order valence-corrected chi connectivity index (χ0v) is 17.3. The Balaban J connectivity index is 1.67. The van der Waals surface area contributed by atoms with Gasteiger partial charge in [0, 0.05) is 11.4 Å². The summed E-state index contributed by atoms with van der Waals surface area (Å²) in [6.07, 6.45) is 1.45. The molecule has 0 unspecified atom stereocenters. The molecule has 30 heavy (non-hydrogen) atoms. The van der Waals surface area contributed by atoms with E-state index in [1.807, 2.05) is 6.07 Å². The van der Waals surface area contributed by atoms with Crippen molar-refractivity contribution in [2.45, 2.75) is 6.92 Å². The van der Waals surface area contributed by atoms with Gasteiger partial charge >= 0.3 is 11.7 Å². The number of imidazole rings is 1. The number of carbonyl (C=O) groups is 3. The van der Waals surface area contributed by atoms with Crippen molar-refractivity contribution >= 4 is 56.5 Å². The van der Waals surface area contributed by atoms with Crippen molar-refractivity contribution in [1.29, 1.82) is 0 Å². The Morgan fingerprint density at radius 2 is 1.77 bits per heavy atom. The summed E-state index contributed by atoms with van der Waals surface area (Å²) in [5, 5.41) is 4.99. The molecule has 1 heterocycles. The highest BCUT2D eigenvalue weighted by molar-refractivity contribution is 9.10. The molecule has 1 aromatic heterocycles. The predicted molar refractivity (Wildman–Crippen MR) is 114 cm³/mol. The summed E-state index contributed by atoms with van der Waals surface area (Å²) in [6, 6.07) is 12.1. The number of halogens is 1. The number of rotatable bonds is 6. The van der Waals surface area contributed by atoms with Crippen LogP contribution in [-0.4, -0.2) is 34.4 Å². The minimum absolute atomic E-state index is 0.0889. The number of ether oxygens (including phenoxy) is 1. The summed E-state index contributed by atoms with van der Waals surface area (Å²) in [5.41, 5.74) is 1.69. The van der Waals surface area contributed by atoms with Crippen molar-refractivity contribution in [2.75, 3.05) is 11.9 Å². The van der Waals surface area contributed by atoms with Gasteiger partial charge < -0.3 is 25.3 Å². The summed E-state index contributed by atoms with van der Waals surface area (Å²) < 4.78 is 5.56. The molecule has 3 aromatic rings. The molecule has 0 radical (unpaired) electrons. The van der Waals surface area contributed by atoms with E-state index < -0.39 is 24.4 Å². The smallest absolute Gasteiger partial charge is 0.355 e. The number of H-pyrrole nitrogens is 2. The van der Waals surface area contributed by atoms with E-state index in [1.165, 1.54) is 13.0 Å². The van der Waals surface area contributed by atoms with Gasteiger partial charge in [0.05, 0.1) is 16.7 Å². The maximum atomic E-state index is 12.3. The van der Waals surface area contributed by atoms with Gasteiger partial charge in [-0.05, 0) is 39.7 Å². The topological polar surface area (TPSA) is 133 Å². The van der Waals surface area contributed by atoms with E-state index in [2.05, 4.69) is 36.5 Å². The molecule has 0 aliphatic carbocycles. The largest absolute Gasteiger partial charge is 0.451 e. The maximum absolute atomic E-state index is 12.3. The molecule has 3 rings (SSSR count). The van der Waals surface area contributed by atoms with Crippen molar-refractivity contribution in [3.8, 4) is 0 Å². The van der Waals surface area contributed by atoms with Crippen LogP contribution in [0.1, 0.15) is 12.5 Å². The Hall–Kier alpha value is -3.66. The number of aromatic nitrogens is 2. The quantitative estimate of drug-likeness (QED) is 0.322. The number of nitrogens with one attached hydrogen (secondary N) is 4. The number of hydrogen-bond donors (Lipinski definition) is 4. The molecule has 2 amide bonds. The average molecular weight is 473 g/mol. The van der Waals surface area contributed by atoms with Crippen molar-refractivity contribution in [3.63, 3.8) is 0 Å². The summed E-state index contributed by atoms with van der Waals surface area (Å²) >= 11 is 3.31. The number of anilines is 1. The Morgan fingerprint density at radius 1 is 1.10 bits per heavy atom. The van der Waals surface area contributed by atoms with Gasteiger partial charge in [-0.1, -0.05) is 30.3 Å². The van der Waals surface area contributed by atoms with Gasteiger partial charge in [0.25, 0.3) is 5.91 Å². The van der Waals surface area contributed by atoms with E-state index in [9.17, 15) is 19.2 Å². The second-order valence-electron chi connectivity index (χ2n) is 6.23. The van der Waals surface area contributed by atoms with Crippen LogP contribution in [0.15, 0.2) is 57.4 Å². The third-order valence-corrected chi connectivity index (χ3v) is 4.51. The van der Waals surface area contributed by atoms with Gasteiger partial charge in [-0.3, -0.25) is 9.59 Å². The first-order valence-corrected chi connectivity index (χ1v) is 9.54. The number of fused-ring (bicyclic) bond motifs is 1. The van der Waals surface area contributed by atoms with Crippen LogP contribution in [-0.2, 0) is 19.1 Å². The van der Waals surface area contributed by atoms with E-state index in [0.29, 0.717) is 26.8 Å². The number of aromatic amines is 2. The van der Waals surface area contributed by atoms with Gasteiger partial charge in [-0.25, -0.2) is 9.59 Å². The Morgan fingerprint density at radius 3 is 2.43 bits per heavy atom. The molecule has 9 nitrogen and oxygen atoms in total. The fourth-order valence-electron chi connectivity index (χ4n) is 2.60. The lowest BCUT2D eigenvalue weighted by Gasteiger charge is -2.10. The highest BCUT2D eigenvalue weighted by Gasteiger charge is 2.16. The summed E-state index contributed by atoms with van der Waals surface area (Å²) in [5.74, 6) is -1.90. The molecule has 2 aromatic carbocycles. The molecule has 0 atom stereocenters. The lowest BCUT2D eigenvalue weighted by molar-refractivity contribution is -0.144. The Kier molecular flexibility index (Phi) is 6.48. The number of carbonyl (C=O) groups excluding carboxylic acids is 3. The van der Waals surface area contributed by atoms with Crippen LogP contribution >= 0.6 is 15.9 Å². The molecule has 0 saturated heterocycles. The third kappa shape index (κ3) is 5.45. The number of esters is 1. The minimum Gasteiger partial charge on any atom is -0.451 e. The lowest BCUT2D eigenvalue weighted by Crippen LogP contribution is -2.29. The molecule has 154 valence electrons. The van der Waals surface area contributed by atoms with Gasteiger partial charge in [0.2, 0.25) is 5.91 Å². The minimum atomic E-state index is -0.853. The summed E-state index contributed by atoms with van der Waals surface area (Å²) in [6.45, 7) is 0.691. The number of hydrogen-bond acceptors (Lipinski definition) is 5. The van der Waals surface area contributed by atoms with Gasteiger partial charge in [-0.15, -0.1) is 0 Å². The summed E-state index contributed by atoms with van der Waals surface area (Å²) in [4.78, 5) is 52.5. The van der Waals surface area contributed by atoms with Crippen molar-refractivity contribution in [1.82, 2.24) is 15.3 Å². The maximum Gasteiger partial charge on any atom is 0.355 e. The lowest BCUT2D eigenvalue weighted by atomic mass is 10.2. The van der Waals surface area contributed by atoms with E-state index in [4.69, 9.17) is 4.74 Å². The SMILES string of the molecule is CC(=O)N/C(=C\c1ccccc1)C(=O)OCC(=O)Nc1cc2[nH]c(=O)[nH]c2cc1Br. The van der Waals surface area contributed by atoms with Crippen LogP contribution in [0.2, 0.25) is 0 Å². The van der Waals surface area contributed by atoms with Crippen LogP contribution in [0.4, 0.5) is 5.69 Å². The molecule has 0 aliphatic rings. The average Bonchev–Trinajstić information content (AvgIpc) is 3.05. The normalized spacial score (nSPS) is 11.2. The summed E-state index contributed by atoms with van der Waals surface area (Å²) in [7, 11) is 0. The molecule has 0 aliphatic heterocycles. The molecule has 0 saturated carbocycles. The Bertz CT molecular complexity index is 1200. The molecule has 0 fully saturated rings. The monoisotopic (exact) mass is 472 g/mol. The van der Waals surface area contributed by atoms with E-state index in [0.717, 1.165) is 0 Å². The zero-order valence-electron chi connectivity index (χ0n) is 15.7. The number of benzene rings is 2. The highest BCUT2D eigenvalue weighted by Crippen LogP contribution is 2.26. The second kappa shape index (κ2) is 9.23. The molecule has 0 bridgehead atoms. The van der Waals surface area contributed by atoms with Crippen molar-refractivity contribution in [3.05, 3.63) is 68.7 Å². The molecule has 10 heteroatoms.